The van der Waals surface area contributed by atoms with Gasteiger partial charge in [-0.3, -0.25) is 14.5 Å². The average Bonchev–Trinajstić information content (AvgIpc) is 3.22. The molecule has 2 aromatic heterocycles. The molecule has 0 spiro atoms. The van der Waals surface area contributed by atoms with Gasteiger partial charge in [0.25, 0.3) is 5.91 Å². The largest absolute Gasteiger partial charge is 0.467 e. The van der Waals surface area contributed by atoms with Crippen molar-refractivity contribution in [1.82, 2.24) is 9.80 Å². The summed E-state index contributed by atoms with van der Waals surface area (Å²) in [6.45, 7) is 5.13. The highest BCUT2D eigenvalue weighted by Gasteiger charge is 2.37. The highest BCUT2D eigenvalue weighted by molar-refractivity contribution is 8.26. The Labute approximate surface area is 220 Å². The van der Waals surface area contributed by atoms with Crippen LogP contribution in [0.15, 0.2) is 68.5 Å². The van der Waals surface area contributed by atoms with Gasteiger partial charge in [0.2, 0.25) is 5.91 Å². The lowest BCUT2D eigenvalue weighted by Crippen LogP contribution is -2.35. The van der Waals surface area contributed by atoms with Crippen LogP contribution >= 0.6 is 24.0 Å². The van der Waals surface area contributed by atoms with Gasteiger partial charge in [-0.05, 0) is 55.2 Å². The fraction of sp³-hybridized carbons (Fsp3) is 0.321. The SMILES string of the molecule is Cc1ccc(/C=C2\SC(=S)N(CCC(=O)N(Cc3ccco3)Cc3ccc(C4CC4C)o3)C2=O)cc1. The van der Waals surface area contributed by atoms with Gasteiger partial charge in [0, 0.05) is 18.9 Å². The molecule has 3 heterocycles. The zero-order valence-electron chi connectivity index (χ0n) is 20.3. The van der Waals surface area contributed by atoms with E-state index in [9.17, 15) is 9.59 Å². The first-order valence-corrected chi connectivity index (χ1v) is 13.3. The molecule has 5 rings (SSSR count). The van der Waals surface area contributed by atoms with Crippen molar-refractivity contribution < 1.29 is 18.4 Å². The van der Waals surface area contributed by atoms with E-state index in [1.165, 1.54) is 16.7 Å². The number of carbonyl (C=O) groups excluding carboxylic acids is 2. The van der Waals surface area contributed by atoms with Crippen LogP contribution in [0.1, 0.15) is 54.1 Å². The molecule has 2 unspecified atom stereocenters. The first kappa shape index (κ1) is 24.6. The number of thiocarbonyl (C=S) groups is 1. The van der Waals surface area contributed by atoms with E-state index in [-0.39, 0.29) is 24.8 Å². The Bertz CT molecular complexity index is 1290. The number of carbonyl (C=O) groups is 2. The van der Waals surface area contributed by atoms with Crippen LogP contribution in [0.4, 0.5) is 0 Å². The van der Waals surface area contributed by atoms with Crippen molar-refractivity contribution in [3.8, 4) is 0 Å². The van der Waals surface area contributed by atoms with Crippen molar-refractivity contribution in [3.63, 3.8) is 0 Å². The molecule has 1 saturated carbocycles. The molecular formula is C28H28N2O4S2. The Morgan fingerprint density at radius 1 is 1.17 bits per heavy atom. The first-order chi connectivity index (χ1) is 17.4. The molecule has 2 amide bonds. The van der Waals surface area contributed by atoms with Gasteiger partial charge < -0.3 is 13.7 Å². The maximum atomic E-state index is 13.3. The van der Waals surface area contributed by atoms with E-state index in [4.69, 9.17) is 21.1 Å². The van der Waals surface area contributed by atoms with Crippen molar-refractivity contribution in [3.05, 3.63) is 88.1 Å². The Morgan fingerprint density at radius 2 is 1.92 bits per heavy atom. The number of rotatable bonds is 9. The summed E-state index contributed by atoms with van der Waals surface area (Å²) in [5.74, 6) is 3.30. The fourth-order valence-electron chi connectivity index (χ4n) is 4.28. The lowest BCUT2D eigenvalue weighted by atomic mass is 10.1. The van der Waals surface area contributed by atoms with Gasteiger partial charge in [-0.1, -0.05) is 60.7 Å². The number of hydrogen-bond acceptors (Lipinski definition) is 6. The summed E-state index contributed by atoms with van der Waals surface area (Å²) >= 11 is 6.74. The zero-order chi connectivity index (χ0) is 25.2. The molecule has 8 heteroatoms. The number of thioether (sulfide) groups is 1. The van der Waals surface area contributed by atoms with E-state index in [0.29, 0.717) is 39.9 Å². The average molecular weight is 521 g/mol. The highest BCUT2D eigenvalue weighted by atomic mass is 32.2. The maximum Gasteiger partial charge on any atom is 0.266 e. The molecule has 0 N–H and O–H groups in total. The summed E-state index contributed by atoms with van der Waals surface area (Å²) in [7, 11) is 0. The second-order valence-electron chi connectivity index (χ2n) is 9.45. The Morgan fingerprint density at radius 3 is 2.61 bits per heavy atom. The monoisotopic (exact) mass is 520 g/mol. The van der Waals surface area contributed by atoms with Gasteiger partial charge in [0.05, 0.1) is 24.3 Å². The minimum atomic E-state index is -0.162. The third-order valence-electron chi connectivity index (χ3n) is 6.58. The predicted octanol–water partition coefficient (Wildman–Crippen LogP) is 6.12. The summed E-state index contributed by atoms with van der Waals surface area (Å²) in [4.78, 5) is 30.1. The summed E-state index contributed by atoms with van der Waals surface area (Å²) in [6, 6.07) is 15.6. The fourth-order valence-corrected chi connectivity index (χ4v) is 5.59. The summed E-state index contributed by atoms with van der Waals surface area (Å²) in [5.41, 5.74) is 2.10. The van der Waals surface area contributed by atoms with E-state index in [2.05, 4.69) is 6.92 Å². The molecule has 36 heavy (non-hydrogen) atoms. The van der Waals surface area contributed by atoms with Crippen molar-refractivity contribution in [1.29, 1.82) is 0 Å². The number of aryl methyl sites for hydroxylation is 1. The van der Waals surface area contributed by atoms with Crippen LogP contribution in [0, 0.1) is 12.8 Å². The van der Waals surface area contributed by atoms with Crippen molar-refractivity contribution in [2.75, 3.05) is 6.54 Å². The predicted molar refractivity (Wildman–Crippen MR) is 144 cm³/mol. The van der Waals surface area contributed by atoms with Gasteiger partial charge >= 0.3 is 0 Å². The Hall–Kier alpha value is -3.10. The van der Waals surface area contributed by atoms with Crippen molar-refractivity contribution >= 4 is 46.2 Å². The minimum Gasteiger partial charge on any atom is -0.467 e. The van der Waals surface area contributed by atoms with Crippen LogP contribution in [0.5, 0.6) is 0 Å². The minimum absolute atomic E-state index is 0.0966. The molecule has 2 aliphatic rings. The van der Waals surface area contributed by atoms with Crippen molar-refractivity contribution in [2.24, 2.45) is 5.92 Å². The highest BCUT2D eigenvalue weighted by Crippen LogP contribution is 2.47. The number of benzene rings is 1. The molecule has 0 bridgehead atoms. The third kappa shape index (κ3) is 5.65. The molecule has 3 aromatic rings. The van der Waals surface area contributed by atoms with Crippen LogP contribution < -0.4 is 0 Å². The molecule has 1 aromatic carbocycles. The third-order valence-corrected chi connectivity index (χ3v) is 7.96. The second-order valence-corrected chi connectivity index (χ2v) is 11.1. The van der Waals surface area contributed by atoms with E-state index < -0.39 is 0 Å². The molecule has 186 valence electrons. The van der Waals surface area contributed by atoms with Crippen molar-refractivity contribution in [2.45, 2.75) is 45.7 Å². The Balaban J connectivity index is 1.24. The van der Waals surface area contributed by atoms with Crippen LogP contribution in [0.2, 0.25) is 0 Å². The zero-order valence-corrected chi connectivity index (χ0v) is 21.9. The summed E-state index contributed by atoms with van der Waals surface area (Å²) in [5, 5.41) is 0. The quantitative estimate of drug-likeness (QED) is 0.250. The maximum absolute atomic E-state index is 13.3. The van der Waals surface area contributed by atoms with Crippen LogP contribution in [0.25, 0.3) is 6.08 Å². The van der Waals surface area contributed by atoms with Gasteiger partial charge in [0.1, 0.15) is 21.6 Å². The molecule has 1 saturated heterocycles. The lowest BCUT2D eigenvalue weighted by molar-refractivity contribution is -0.133. The van der Waals surface area contributed by atoms with Gasteiger partial charge in [0.15, 0.2) is 0 Å². The first-order valence-electron chi connectivity index (χ1n) is 12.1. The van der Waals surface area contributed by atoms with Gasteiger partial charge in [-0.15, -0.1) is 0 Å². The number of hydrogen-bond donors (Lipinski definition) is 0. The molecular weight excluding hydrogens is 492 g/mol. The second kappa shape index (κ2) is 10.5. The lowest BCUT2D eigenvalue weighted by Gasteiger charge is -2.22. The van der Waals surface area contributed by atoms with Crippen LogP contribution in [-0.4, -0.2) is 32.5 Å². The van der Waals surface area contributed by atoms with Gasteiger partial charge in [-0.25, -0.2) is 0 Å². The van der Waals surface area contributed by atoms with E-state index in [1.807, 2.05) is 55.5 Å². The number of nitrogens with zero attached hydrogens (tertiary/aromatic N) is 2. The molecule has 0 radical (unpaired) electrons. The van der Waals surface area contributed by atoms with Gasteiger partial charge in [-0.2, -0.15) is 0 Å². The topological polar surface area (TPSA) is 66.9 Å². The normalized spacial score (nSPS) is 20.4. The van der Waals surface area contributed by atoms with E-state index >= 15 is 0 Å². The molecule has 2 fully saturated rings. The van der Waals surface area contributed by atoms with Crippen LogP contribution in [0.3, 0.4) is 0 Å². The smallest absolute Gasteiger partial charge is 0.266 e. The summed E-state index contributed by atoms with van der Waals surface area (Å²) in [6.07, 6.45) is 4.74. The molecule has 2 atom stereocenters. The van der Waals surface area contributed by atoms with E-state index in [0.717, 1.165) is 29.1 Å². The number of amides is 2. The standard InChI is InChI=1S/C28H28N2O4S2/c1-18-5-7-20(8-6-18)15-25-27(32)30(28(35)36-25)12-11-26(31)29(16-21-4-3-13-33-21)17-22-9-10-24(34-22)23-14-19(23)2/h3-10,13,15,19,23H,11-12,14,16-17H2,1-2H3/b25-15-. The molecule has 1 aliphatic carbocycles. The number of furan rings is 2. The molecule has 1 aliphatic heterocycles. The van der Waals surface area contributed by atoms with Crippen LogP contribution in [-0.2, 0) is 22.7 Å². The summed E-state index contributed by atoms with van der Waals surface area (Å²) < 4.78 is 12.0. The van der Waals surface area contributed by atoms with E-state index in [1.54, 1.807) is 17.2 Å². The Kier molecular flexibility index (Phi) is 7.16. The molecule has 6 nitrogen and oxygen atoms in total.